The van der Waals surface area contributed by atoms with Crippen molar-refractivity contribution in [2.75, 3.05) is 0 Å². The lowest BCUT2D eigenvalue weighted by molar-refractivity contribution is 1.62. The van der Waals surface area contributed by atoms with Crippen LogP contribution in [0.15, 0.2) is 218 Å². The molecule has 0 radical (unpaired) electrons. The summed E-state index contributed by atoms with van der Waals surface area (Å²) in [5.41, 5.74) is 19.6. The molecule has 60 heavy (non-hydrogen) atoms. The van der Waals surface area contributed by atoms with E-state index in [-0.39, 0.29) is 0 Å². The van der Waals surface area contributed by atoms with Crippen LogP contribution in [0.1, 0.15) is 33.4 Å². The Morgan fingerprint density at radius 2 is 0.417 bits per heavy atom. The van der Waals surface area contributed by atoms with Crippen molar-refractivity contribution in [1.29, 1.82) is 0 Å². The molecule has 4 aromatic rings. The van der Waals surface area contributed by atoms with Crippen LogP contribution in [0.3, 0.4) is 0 Å². The van der Waals surface area contributed by atoms with Crippen molar-refractivity contribution in [1.82, 2.24) is 0 Å². The van der Waals surface area contributed by atoms with Crippen LogP contribution in [-0.2, 0) is 0 Å². The first-order valence-corrected chi connectivity index (χ1v) is 20.2. The fraction of sp³-hybridized carbons (Fsp3) is 0. The highest BCUT2D eigenvalue weighted by atomic mass is 14.2. The van der Waals surface area contributed by atoms with Crippen molar-refractivity contribution in [3.8, 4) is 102 Å². The quantitative estimate of drug-likeness (QED) is 0.158. The maximum absolute atomic E-state index is 3.54. The zero-order valence-corrected chi connectivity index (χ0v) is 32.8. The molecule has 6 aliphatic carbocycles. The van der Waals surface area contributed by atoms with E-state index in [4.69, 9.17) is 0 Å². The van der Waals surface area contributed by atoms with Gasteiger partial charge < -0.3 is 0 Å². The molecular formula is C60H36. The lowest BCUT2D eigenvalue weighted by Gasteiger charge is -2.12. The molecule has 0 aliphatic heterocycles. The number of rotatable bonds is 3. The minimum absolute atomic E-state index is 0.989. The summed E-state index contributed by atoms with van der Waals surface area (Å²) in [6.07, 6.45) is 0. The van der Waals surface area contributed by atoms with E-state index in [9.17, 15) is 0 Å². The molecule has 4 aromatic carbocycles. The summed E-state index contributed by atoms with van der Waals surface area (Å²) in [5, 5.41) is 0. The molecule has 276 valence electrons. The Bertz CT molecular complexity index is 2880. The highest BCUT2D eigenvalue weighted by Crippen LogP contribution is 2.46. The molecule has 0 atom stereocenters. The SMILES string of the molecule is C(#Cc1cc(-c2cc(-c3cc(C#Cc4ccccc4)c4cccccc3-4)cc(-c3cc(C#Cc4ccccc4)c4cccccc3-4)c2)c2cccccc1-2)c1ccccc1. The minimum atomic E-state index is 0.989. The Balaban J connectivity index is 1.21. The van der Waals surface area contributed by atoms with E-state index in [1.807, 2.05) is 54.6 Å². The zero-order chi connectivity index (χ0) is 40.1. The number of benzene rings is 4. The fourth-order valence-corrected chi connectivity index (χ4v) is 8.05. The molecule has 0 saturated heterocycles. The van der Waals surface area contributed by atoms with E-state index < -0.39 is 0 Å². The van der Waals surface area contributed by atoms with Gasteiger partial charge in [-0.3, -0.25) is 0 Å². The monoisotopic (exact) mass is 756 g/mol. The summed E-state index contributed by atoms with van der Waals surface area (Å²) < 4.78 is 0. The van der Waals surface area contributed by atoms with Crippen LogP contribution < -0.4 is 0 Å². The van der Waals surface area contributed by atoms with Gasteiger partial charge in [-0.2, -0.15) is 0 Å². The largest absolute Gasteiger partial charge is 0.0622 e. The first kappa shape index (κ1) is 36.0. The van der Waals surface area contributed by atoms with Gasteiger partial charge in [0.2, 0.25) is 0 Å². The van der Waals surface area contributed by atoms with Crippen LogP contribution in [0.4, 0.5) is 0 Å². The summed E-state index contributed by atoms with van der Waals surface area (Å²) >= 11 is 0. The van der Waals surface area contributed by atoms with Gasteiger partial charge in [0.1, 0.15) is 0 Å². The van der Waals surface area contributed by atoms with E-state index in [2.05, 4.69) is 199 Å². The van der Waals surface area contributed by atoms with Gasteiger partial charge in [0.25, 0.3) is 0 Å². The predicted molar refractivity (Wildman–Crippen MR) is 250 cm³/mol. The van der Waals surface area contributed by atoms with Gasteiger partial charge >= 0.3 is 0 Å². The minimum Gasteiger partial charge on any atom is -0.0622 e. The van der Waals surface area contributed by atoms with E-state index >= 15 is 0 Å². The van der Waals surface area contributed by atoms with Crippen LogP contribution in [0.25, 0.3) is 66.8 Å². The Hall–Kier alpha value is -8.34. The Morgan fingerprint density at radius 3 is 0.683 bits per heavy atom. The summed E-state index contributed by atoms with van der Waals surface area (Å²) in [7, 11) is 0. The molecule has 0 nitrogen and oxygen atoms in total. The molecule has 0 bridgehead atoms. The number of hydrogen-bond donors (Lipinski definition) is 0. The Morgan fingerprint density at radius 1 is 0.183 bits per heavy atom. The van der Waals surface area contributed by atoms with Crippen molar-refractivity contribution >= 4 is 0 Å². The summed E-state index contributed by atoms with van der Waals surface area (Å²) in [6.45, 7) is 0. The second-order valence-electron chi connectivity index (χ2n) is 14.8. The first-order valence-electron chi connectivity index (χ1n) is 20.2. The molecule has 10 rings (SSSR count). The fourth-order valence-electron chi connectivity index (χ4n) is 8.05. The normalized spacial score (nSPS) is 10.6. The molecule has 0 unspecified atom stereocenters. The topological polar surface area (TPSA) is 0 Å². The highest BCUT2D eigenvalue weighted by molar-refractivity contribution is 5.99. The molecule has 0 saturated carbocycles. The molecular weight excluding hydrogens is 721 g/mol. The van der Waals surface area contributed by atoms with Gasteiger partial charge in [-0.1, -0.05) is 181 Å². The van der Waals surface area contributed by atoms with Gasteiger partial charge in [-0.25, -0.2) is 0 Å². The van der Waals surface area contributed by atoms with Gasteiger partial charge in [-0.05, 0) is 140 Å². The first-order chi connectivity index (χ1) is 29.7. The van der Waals surface area contributed by atoms with E-state index in [1.54, 1.807) is 0 Å². The van der Waals surface area contributed by atoms with E-state index in [0.29, 0.717) is 0 Å². The second-order valence-corrected chi connectivity index (χ2v) is 14.8. The van der Waals surface area contributed by atoms with E-state index in [1.165, 1.54) is 0 Å². The number of hydrogen-bond acceptors (Lipinski definition) is 0. The maximum Gasteiger partial charge on any atom is 0.0334 e. The summed E-state index contributed by atoms with van der Waals surface area (Å²) in [4.78, 5) is 0. The van der Waals surface area contributed by atoms with Crippen molar-refractivity contribution in [3.63, 3.8) is 0 Å². The molecule has 6 aliphatic rings. The van der Waals surface area contributed by atoms with Crippen molar-refractivity contribution in [3.05, 3.63) is 252 Å². The van der Waals surface area contributed by atoms with Crippen molar-refractivity contribution < 1.29 is 0 Å². The molecule has 0 fully saturated rings. The van der Waals surface area contributed by atoms with E-state index in [0.717, 1.165) is 100 Å². The second kappa shape index (κ2) is 16.3. The predicted octanol–water partition coefficient (Wildman–Crippen LogP) is 14.2. The van der Waals surface area contributed by atoms with Crippen LogP contribution in [0.2, 0.25) is 0 Å². The maximum atomic E-state index is 3.54. The lowest BCUT2D eigenvalue weighted by Crippen LogP contribution is -1.86. The molecule has 0 aromatic heterocycles. The van der Waals surface area contributed by atoms with Crippen LogP contribution in [-0.4, -0.2) is 0 Å². The number of fused-ring (bicyclic) bond motifs is 3. The lowest BCUT2D eigenvalue weighted by atomic mass is 9.91. The third kappa shape index (κ3) is 7.33. The molecule has 0 N–H and O–H groups in total. The zero-order valence-electron chi connectivity index (χ0n) is 32.8. The van der Waals surface area contributed by atoms with Gasteiger partial charge in [-0.15, -0.1) is 0 Å². The molecule has 0 spiro atoms. The van der Waals surface area contributed by atoms with Crippen LogP contribution in [0, 0.1) is 35.5 Å². The van der Waals surface area contributed by atoms with Gasteiger partial charge in [0, 0.05) is 33.4 Å². The Labute approximate surface area is 352 Å². The van der Waals surface area contributed by atoms with Crippen molar-refractivity contribution in [2.24, 2.45) is 0 Å². The average Bonchev–Trinajstić information content (AvgIpc) is 3.64. The van der Waals surface area contributed by atoms with Crippen molar-refractivity contribution in [2.45, 2.75) is 0 Å². The van der Waals surface area contributed by atoms with Crippen LogP contribution >= 0.6 is 0 Å². The van der Waals surface area contributed by atoms with Gasteiger partial charge in [0.05, 0.1) is 0 Å². The smallest absolute Gasteiger partial charge is 0.0334 e. The third-order valence-corrected chi connectivity index (χ3v) is 10.9. The highest BCUT2D eigenvalue weighted by Gasteiger charge is 2.22. The average molecular weight is 757 g/mol. The standard InChI is InChI=1S/C60H36/c1-7-19-43(20-8-1)31-34-46-40-58(55-28-16-4-13-25-52(46)55)49-37-50(59-41-47(35-32-44-21-9-2-10-22-44)53-26-14-5-17-29-56(53)59)39-51(38-49)60-42-48(36-33-45-23-11-3-12-24-45)54-27-15-6-18-30-57(54)60/h1-30,37-42H. The molecule has 0 heterocycles. The Kier molecular flexibility index (Phi) is 9.76. The van der Waals surface area contributed by atoms with Gasteiger partial charge in [0.15, 0.2) is 0 Å². The van der Waals surface area contributed by atoms with Crippen LogP contribution in [0.5, 0.6) is 0 Å². The third-order valence-electron chi connectivity index (χ3n) is 10.9. The summed E-state index contributed by atoms with van der Waals surface area (Å²) in [6, 6.07) is 76.6. The summed E-state index contributed by atoms with van der Waals surface area (Å²) in [5.74, 6) is 20.9. The molecule has 0 heteroatoms. The molecule has 0 amide bonds.